The smallest absolute Gasteiger partial charge is 0.266 e. The van der Waals surface area contributed by atoms with E-state index in [1.165, 1.54) is 4.31 Å². The Labute approximate surface area is 224 Å². The van der Waals surface area contributed by atoms with Gasteiger partial charge in [0, 0.05) is 50.6 Å². The molecule has 1 amide bonds. The molecule has 0 aliphatic carbocycles. The summed E-state index contributed by atoms with van der Waals surface area (Å²) in [5.41, 5.74) is 4.01. The molecule has 10 nitrogen and oxygen atoms in total. The fraction of sp³-hybridized carbons (Fsp3) is 0.481. The molecule has 204 valence electrons. The number of piperazine rings is 1. The Bertz CT molecular complexity index is 1230. The number of carbonyl (C=O) groups excluding carboxylic acids is 1. The van der Waals surface area contributed by atoms with Crippen LogP contribution in [0.5, 0.6) is 5.75 Å². The van der Waals surface area contributed by atoms with Gasteiger partial charge in [-0.25, -0.2) is 13.9 Å². The molecule has 0 saturated carbocycles. The van der Waals surface area contributed by atoms with Gasteiger partial charge in [0.25, 0.3) is 5.91 Å². The maximum absolute atomic E-state index is 13.9. The number of hydrogen-bond donors (Lipinski definition) is 2. The average Bonchev–Trinajstić information content (AvgIpc) is 2.97. The van der Waals surface area contributed by atoms with E-state index in [0.717, 1.165) is 30.0 Å². The van der Waals surface area contributed by atoms with E-state index in [1.807, 2.05) is 41.3 Å². The second-order valence-corrected chi connectivity index (χ2v) is 11.9. The van der Waals surface area contributed by atoms with Crippen LogP contribution in [0.1, 0.15) is 38.2 Å². The number of unbranched alkanes of at least 4 members (excludes halogenated alkanes) is 1. The highest BCUT2D eigenvalue weighted by Crippen LogP contribution is 2.36. The number of anilines is 2. The van der Waals surface area contributed by atoms with Gasteiger partial charge >= 0.3 is 0 Å². The molecule has 4 rings (SSSR count). The molecule has 2 N–H and O–H groups in total. The second kappa shape index (κ2) is 12.0. The number of rotatable bonds is 9. The molecule has 2 heterocycles. The van der Waals surface area contributed by atoms with Gasteiger partial charge in [0.15, 0.2) is 4.75 Å². The first-order valence-corrected chi connectivity index (χ1v) is 14.5. The van der Waals surface area contributed by atoms with Crippen LogP contribution < -0.4 is 20.0 Å². The van der Waals surface area contributed by atoms with Crippen molar-refractivity contribution in [2.45, 2.75) is 37.4 Å². The average molecular weight is 542 g/mol. The molecular weight excluding hydrogens is 506 g/mol. The van der Waals surface area contributed by atoms with Crippen molar-refractivity contribution in [1.29, 1.82) is 5.26 Å². The molecule has 0 spiro atoms. The maximum atomic E-state index is 13.9. The van der Waals surface area contributed by atoms with Gasteiger partial charge in [-0.3, -0.25) is 10.0 Å². The van der Waals surface area contributed by atoms with E-state index in [-0.39, 0.29) is 25.9 Å². The molecule has 2 aromatic rings. The van der Waals surface area contributed by atoms with E-state index in [1.54, 1.807) is 17.6 Å². The van der Waals surface area contributed by atoms with E-state index in [2.05, 4.69) is 17.9 Å². The van der Waals surface area contributed by atoms with E-state index in [0.29, 0.717) is 38.3 Å². The maximum Gasteiger partial charge on any atom is 0.266 e. The molecule has 2 fully saturated rings. The molecule has 0 unspecified atom stereocenters. The summed E-state index contributed by atoms with van der Waals surface area (Å²) >= 11 is 0. The standard InChI is InChI=1S/C27H35N5O5S/c1-2-3-20-37-25-10-8-24(9-11-25)31-16-18-32(19-17-31)38(35,36)27(26(33)29-34)12-14-30(15-13-27)23-6-4-22(21-28)5-7-23/h4-11,34H,2-3,12-20H2,1H3,(H,29,33). The van der Waals surface area contributed by atoms with Crippen molar-refractivity contribution in [2.24, 2.45) is 0 Å². The van der Waals surface area contributed by atoms with E-state index in [4.69, 9.17) is 10.00 Å². The van der Waals surface area contributed by atoms with Gasteiger partial charge in [0.2, 0.25) is 10.0 Å². The number of hydroxylamine groups is 1. The number of nitrogens with one attached hydrogen (secondary N) is 1. The summed E-state index contributed by atoms with van der Waals surface area (Å²) in [6, 6.07) is 16.9. The van der Waals surface area contributed by atoms with Crippen LogP contribution >= 0.6 is 0 Å². The lowest BCUT2D eigenvalue weighted by Crippen LogP contribution is -2.63. The van der Waals surface area contributed by atoms with Gasteiger partial charge in [0.1, 0.15) is 5.75 Å². The Morgan fingerprint density at radius 2 is 1.53 bits per heavy atom. The monoisotopic (exact) mass is 541 g/mol. The zero-order valence-electron chi connectivity index (χ0n) is 21.7. The highest BCUT2D eigenvalue weighted by molar-refractivity contribution is 7.91. The normalized spacial score (nSPS) is 18.0. The van der Waals surface area contributed by atoms with Gasteiger partial charge in [-0.2, -0.15) is 9.57 Å². The van der Waals surface area contributed by atoms with Crippen LogP contribution in [0.4, 0.5) is 11.4 Å². The van der Waals surface area contributed by atoms with Gasteiger partial charge in [-0.05, 0) is 67.8 Å². The summed E-state index contributed by atoms with van der Waals surface area (Å²) in [5, 5.41) is 18.5. The van der Waals surface area contributed by atoms with Crippen LogP contribution in [0.25, 0.3) is 0 Å². The summed E-state index contributed by atoms with van der Waals surface area (Å²) < 4.78 is 33.1. The van der Waals surface area contributed by atoms with Crippen molar-refractivity contribution in [3.63, 3.8) is 0 Å². The fourth-order valence-electron chi connectivity index (χ4n) is 5.10. The molecule has 2 aliphatic heterocycles. The molecule has 2 aromatic carbocycles. The Hall–Kier alpha value is -3.33. The molecule has 0 radical (unpaired) electrons. The number of amides is 1. The number of piperidine rings is 1. The quantitative estimate of drug-likeness (QED) is 0.282. The summed E-state index contributed by atoms with van der Waals surface area (Å²) in [5.74, 6) is -0.0780. The summed E-state index contributed by atoms with van der Waals surface area (Å²) in [6.45, 7) is 4.92. The number of ether oxygens (including phenoxy) is 1. The minimum Gasteiger partial charge on any atom is -0.494 e. The SMILES string of the molecule is CCCCOc1ccc(N2CCN(S(=O)(=O)C3(C(=O)NO)CCN(c4ccc(C#N)cc4)CC3)CC2)cc1. The van der Waals surface area contributed by atoms with Crippen molar-refractivity contribution in [1.82, 2.24) is 9.79 Å². The third-order valence-electron chi connectivity index (χ3n) is 7.49. The Morgan fingerprint density at radius 3 is 2.05 bits per heavy atom. The zero-order valence-corrected chi connectivity index (χ0v) is 22.5. The fourth-order valence-corrected chi connectivity index (χ4v) is 7.21. The summed E-state index contributed by atoms with van der Waals surface area (Å²) in [7, 11) is -4.05. The van der Waals surface area contributed by atoms with E-state index < -0.39 is 20.7 Å². The molecule has 0 aromatic heterocycles. The molecule has 11 heteroatoms. The van der Waals surface area contributed by atoms with Crippen molar-refractivity contribution < 1.29 is 23.2 Å². The topological polar surface area (TPSA) is 126 Å². The lowest BCUT2D eigenvalue weighted by molar-refractivity contribution is -0.132. The number of benzene rings is 2. The first kappa shape index (κ1) is 27.7. The van der Waals surface area contributed by atoms with Crippen molar-refractivity contribution in [3.8, 4) is 11.8 Å². The lowest BCUT2D eigenvalue weighted by atomic mass is 9.94. The van der Waals surface area contributed by atoms with Crippen LogP contribution in [0.15, 0.2) is 48.5 Å². The van der Waals surface area contributed by atoms with Crippen LogP contribution in [-0.4, -0.2) is 74.5 Å². The molecule has 2 aliphatic rings. The van der Waals surface area contributed by atoms with E-state index >= 15 is 0 Å². The second-order valence-electron chi connectivity index (χ2n) is 9.67. The van der Waals surface area contributed by atoms with Crippen LogP contribution in [0, 0.1) is 11.3 Å². The van der Waals surface area contributed by atoms with Crippen LogP contribution in [-0.2, 0) is 14.8 Å². The molecule has 38 heavy (non-hydrogen) atoms. The molecule has 2 saturated heterocycles. The third-order valence-corrected chi connectivity index (χ3v) is 10.1. The number of nitrogens with zero attached hydrogens (tertiary/aromatic N) is 4. The molecule has 0 bridgehead atoms. The Balaban J connectivity index is 1.42. The minimum atomic E-state index is -4.05. The number of hydrogen-bond acceptors (Lipinski definition) is 8. The molecule has 0 atom stereocenters. The van der Waals surface area contributed by atoms with Crippen molar-refractivity contribution in [3.05, 3.63) is 54.1 Å². The Kier molecular flexibility index (Phi) is 8.76. The highest BCUT2D eigenvalue weighted by Gasteiger charge is 2.55. The summed E-state index contributed by atoms with van der Waals surface area (Å²) in [6.07, 6.45) is 2.16. The zero-order chi connectivity index (χ0) is 27.2. The lowest BCUT2D eigenvalue weighted by Gasteiger charge is -2.44. The van der Waals surface area contributed by atoms with Crippen LogP contribution in [0.3, 0.4) is 0 Å². The number of nitriles is 1. The largest absolute Gasteiger partial charge is 0.494 e. The van der Waals surface area contributed by atoms with Crippen molar-refractivity contribution in [2.75, 3.05) is 55.7 Å². The van der Waals surface area contributed by atoms with Crippen molar-refractivity contribution >= 4 is 27.3 Å². The first-order chi connectivity index (χ1) is 18.3. The minimum absolute atomic E-state index is 0.0431. The van der Waals surface area contributed by atoms with E-state index in [9.17, 15) is 18.4 Å². The summed E-state index contributed by atoms with van der Waals surface area (Å²) in [4.78, 5) is 17.0. The van der Waals surface area contributed by atoms with Crippen LogP contribution in [0.2, 0.25) is 0 Å². The predicted octanol–water partition coefficient (Wildman–Crippen LogP) is 2.73. The number of sulfonamides is 1. The predicted molar refractivity (Wildman–Crippen MR) is 145 cm³/mol. The third kappa shape index (κ3) is 5.57. The highest BCUT2D eigenvalue weighted by atomic mass is 32.2. The number of carbonyl (C=O) groups is 1. The van der Waals surface area contributed by atoms with Gasteiger partial charge in [-0.15, -0.1) is 0 Å². The van der Waals surface area contributed by atoms with Gasteiger partial charge in [-0.1, -0.05) is 13.3 Å². The first-order valence-electron chi connectivity index (χ1n) is 13.0. The van der Waals surface area contributed by atoms with Gasteiger partial charge < -0.3 is 14.5 Å². The Morgan fingerprint density at radius 1 is 0.974 bits per heavy atom. The van der Waals surface area contributed by atoms with Gasteiger partial charge in [0.05, 0.1) is 18.2 Å². The molecular formula is C27H35N5O5S.